The molecule has 0 radical (unpaired) electrons. The third kappa shape index (κ3) is 2.38. The summed E-state index contributed by atoms with van der Waals surface area (Å²) in [6, 6.07) is 13.5. The second kappa shape index (κ2) is 5.27. The van der Waals surface area contributed by atoms with Crippen molar-refractivity contribution < 1.29 is 13.2 Å². The van der Waals surface area contributed by atoms with Gasteiger partial charge in [0, 0.05) is 23.0 Å². The Hall–Kier alpha value is -1.66. The van der Waals surface area contributed by atoms with Gasteiger partial charge >= 0.3 is 0 Å². The molecule has 21 heavy (non-hydrogen) atoms. The number of fused-ring (bicyclic) bond motifs is 1. The van der Waals surface area contributed by atoms with E-state index in [1.165, 1.54) is 4.31 Å². The second-order valence-corrected chi connectivity index (χ2v) is 7.38. The molecule has 2 aromatic rings. The first kappa shape index (κ1) is 14.3. The van der Waals surface area contributed by atoms with Gasteiger partial charge in [-0.3, -0.25) is 9.10 Å². The number of carbonyl (C=O) groups is 1. The number of nitrogens with zero attached hydrogens (tertiary/aromatic N) is 1. The van der Waals surface area contributed by atoms with Crippen LogP contribution in [0.3, 0.4) is 0 Å². The van der Waals surface area contributed by atoms with Crippen LogP contribution in [0, 0.1) is 0 Å². The third-order valence-corrected chi connectivity index (χ3v) is 6.25. The van der Waals surface area contributed by atoms with E-state index in [2.05, 4.69) is 15.9 Å². The summed E-state index contributed by atoms with van der Waals surface area (Å²) in [6.07, 6.45) is 0.195. The first-order valence-electron chi connectivity index (χ1n) is 6.41. The summed E-state index contributed by atoms with van der Waals surface area (Å²) in [5.41, 5.74) is 0.906. The number of hydrogen-bond donors (Lipinski definition) is 0. The molecular formula is C15H12BrNO3S. The van der Waals surface area contributed by atoms with E-state index < -0.39 is 10.0 Å². The number of anilines is 1. The van der Waals surface area contributed by atoms with Crippen molar-refractivity contribution in [2.45, 2.75) is 11.3 Å². The summed E-state index contributed by atoms with van der Waals surface area (Å²) in [6.45, 7) is 0.166. The summed E-state index contributed by atoms with van der Waals surface area (Å²) >= 11 is 3.28. The van der Waals surface area contributed by atoms with Crippen molar-refractivity contribution in [1.82, 2.24) is 0 Å². The largest absolute Gasteiger partial charge is 0.294 e. The number of Topliss-reactive ketones (excluding diaryl/α,β-unsaturated/α-hetero) is 1. The smallest absolute Gasteiger partial charge is 0.265 e. The molecule has 0 amide bonds. The van der Waals surface area contributed by atoms with Crippen molar-refractivity contribution >= 4 is 37.4 Å². The maximum absolute atomic E-state index is 12.9. The Kier molecular flexibility index (Phi) is 3.59. The lowest BCUT2D eigenvalue weighted by Gasteiger charge is -2.29. The van der Waals surface area contributed by atoms with Crippen LogP contribution < -0.4 is 4.31 Å². The minimum Gasteiger partial charge on any atom is -0.294 e. The molecule has 1 aliphatic rings. The van der Waals surface area contributed by atoms with Gasteiger partial charge in [0.15, 0.2) is 5.78 Å². The zero-order valence-corrected chi connectivity index (χ0v) is 13.4. The lowest BCUT2D eigenvalue weighted by Crippen LogP contribution is -2.37. The second-order valence-electron chi connectivity index (χ2n) is 4.70. The number of halogens is 1. The van der Waals surface area contributed by atoms with Gasteiger partial charge in [0.1, 0.15) is 4.90 Å². The Morgan fingerprint density at radius 1 is 1.00 bits per heavy atom. The fraction of sp³-hybridized carbons (Fsp3) is 0.133. The monoisotopic (exact) mass is 365 g/mol. The van der Waals surface area contributed by atoms with E-state index in [1.807, 2.05) is 0 Å². The van der Waals surface area contributed by atoms with Crippen LogP contribution in [0.15, 0.2) is 57.9 Å². The van der Waals surface area contributed by atoms with Gasteiger partial charge in [-0.15, -0.1) is 0 Å². The zero-order valence-electron chi connectivity index (χ0n) is 11.0. The van der Waals surface area contributed by atoms with Gasteiger partial charge in [-0.1, -0.05) is 24.3 Å². The van der Waals surface area contributed by atoms with Crippen molar-refractivity contribution in [3.8, 4) is 0 Å². The Labute approximate surface area is 131 Å². The molecule has 0 aliphatic carbocycles. The van der Waals surface area contributed by atoms with Gasteiger partial charge in [-0.2, -0.15) is 0 Å². The predicted octanol–water partition coefficient (Wildman–Crippen LogP) is 3.23. The van der Waals surface area contributed by atoms with Crippen molar-refractivity contribution in [1.29, 1.82) is 0 Å². The van der Waals surface area contributed by atoms with E-state index >= 15 is 0 Å². The van der Waals surface area contributed by atoms with Crippen molar-refractivity contribution in [2.24, 2.45) is 0 Å². The number of benzene rings is 2. The van der Waals surface area contributed by atoms with E-state index in [9.17, 15) is 13.2 Å². The van der Waals surface area contributed by atoms with Crippen LogP contribution in [0.4, 0.5) is 5.69 Å². The van der Waals surface area contributed by atoms with E-state index in [0.717, 1.165) is 0 Å². The van der Waals surface area contributed by atoms with E-state index in [0.29, 0.717) is 15.7 Å². The van der Waals surface area contributed by atoms with Crippen molar-refractivity contribution in [2.75, 3.05) is 10.8 Å². The maximum atomic E-state index is 12.9. The molecule has 0 saturated heterocycles. The molecular weight excluding hydrogens is 354 g/mol. The quantitative estimate of drug-likeness (QED) is 0.820. The summed E-state index contributed by atoms with van der Waals surface area (Å²) in [5.74, 6) is -0.0239. The highest BCUT2D eigenvalue weighted by atomic mass is 79.9. The molecule has 4 nitrogen and oxygen atoms in total. The minimum absolute atomic E-state index is 0.0239. The highest BCUT2D eigenvalue weighted by Crippen LogP contribution is 2.33. The van der Waals surface area contributed by atoms with E-state index in [-0.39, 0.29) is 23.6 Å². The van der Waals surface area contributed by atoms with Gasteiger partial charge in [0.05, 0.1) is 5.69 Å². The molecule has 0 fully saturated rings. The number of rotatable bonds is 2. The van der Waals surface area contributed by atoms with Crippen molar-refractivity contribution in [3.63, 3.8) is 0 Å². The van der Waals surface area contributed by atoms with Gasteiger partial charge in [0.2, 0.25) is 0 Å². The summed E-state index contributed by atoms with van der Waals surface area (Å²) in [4.78, 5) is 12.1. The van der Waals surface area contributed by atoms with Gasteiger partial charge in [-0.25, -0.2) is 8.42 Å². The Morgan fingerprint density at radius 2 is 1.67 bits per heavy atom. The molecule has 6 heteroatoms. The molecule has 0 N–H and O–H groups in total. The molecule has 1 aliphatic heterocycles. The van der Waals surface area contributed by atoms with Crippen LogP contribution in [-0.4, -0.2) is 20.7 Å². The van der Waals surface area contributed by atoms with Crippen LogP contribution >= 0.6 is 15.9 Å². The fourth-order valence-electron chi connectivity index (χ4n) is 2.41. The molecule has 2 aromatic carbocycles. The van der Waals surface area contributed by atoms with Crippen molar-refractivity contribution in [3.05, 3.63) is 58.6 Å². The SMILES string of the molecule is O=C1CCN(S(=O)(=O)c2ccccc2Br)c2ccccc21. The Balaban J connectivity index is 2.16. The fourth-order valence-corrected chi connectivity index (χ4v) is 4.86. The van der Waals surface area contributed by atoms with Gasteiger partial charge in [-0.05, 0) is 40.2 Å². The molecule has 0 atom stereocenters. The van der Waals surface area contributed by atoms with Gasteiger partial charge < -0.3 is 0 Å². The van der Waals surface area contributed by atoms with Crippen LogP contribution in [0.25, 0.3) is 0 Å². The molecule has 0 bridgehead atoms. The van der Waals surface area contributed by atoms with Crippen LogP contribution in [0.1, 0.15) is 16.8 Å². The molecule has 0 spiro atoms. The normalized spacial score (nSPS) is 14.9. The Morgan fingerprint density at radius 3 is 2.43 bits per heavy atom. The average molecular weight is 366 g/mol. The highest BCUT2D eigenvalue weighted by Gasteiger charge is 2.32. The van der Waals surface area contributed by atoms with Gasteiger partial charge in [0.25, 0.3) is 10.0 Å². The standard InChI is InChI=1S/C15H12BrNO3S/c16-12-6-2-4-8-15(12)21(19,20)17-10-9-14(18)11-5-1-3-7-13(11)17/h1-8H,9-10H2. The first-order valence-corrected chi connectivity index (χ1v) is 8.64. The average Bonchev–Trinajstić information content (AvgIpc) is 2.48. The van der Waals surface area contributed by atoms with E-state index in [1.54, 1.807) is 48.5 Å². The summed E-state index contributed by atoms with van der Waals surface area (Å²) in [7, 11) is -3.70. The molecule has 0 unspecified atom stereocenters. The molecule has 0 saturated carbocycles. The number of hydrogen-bond acceptors (Lipinski definition) is 3. The molecule has 3 rings (SSSR count). The summed E-state index contributed by atoms with van der Waals surface area (Å²) in [5, 5.41) is 0. The lowest BCUT2D eigenvalue weighted by molar-refractivity contribution is 0.0982. The molecule has 1 heterocycles. The zero-order chi connectivity index (χ0) is 15.0. The number of ketones is 1. The highest BCUT2D eigenvalue weighted by molar-refractivity contribution is 9.10. The van der Waals surface area contributed by atoms with E-state index in [4.69, 9.17) is 0 Å². The lowest BCUT2D eigenvalue weighted by atomic mass is 10.0. The third-order valence-electron chi connectivity index (χ3n) is 3.42. The maximum Gasteiger partial charge on any atom is 0.265 e. The number of carbonyl (C=O) groups excluding carboxylic acids is 1. The number of sulfonamides is 1. The van der Waals surface area contributed by atoms with Crippen LogP contribution in [0.5, 0.6) is 0 Å². The first-order chi connectivity index (χ1) is 10.0. The molecule has 0 aromatic heterocycles. The predicted molar refractivity (Wildman–Crippen MR) is 84.1 cm³/mol. The van der Waals surface area contributed by atoms with Crippen LogP contribution in [-0.2, 0) is 10.0 Å². The minimum atomic E-state index is -3.70. The topological polar surface area (TPSA) is 54.5 Å². The summed E-state index contributed by atoms with van der Waals surface area (Å²) < 4.78 is 27.5. The molecule has 108 valence electrons. The van der Waals surface area contributed by atoms with Crippen LogP contribution in [0.2, 0.25) is 0 Å². The number of para-hydroxylation sites is 1. The Bertz CT molecular complexity index is 817.